The number of hydrogen-bond acceptors (Lipinski definition) is 5. The third kappa shape index (κ3) is 5.13. The highest BCUT2D eigenvalue weighted by atomic mass is 35.5. The highest BCUT2D eigenvalue weighted by Crippen LogP contribution is 2.61. The van der Waals surface area contributed by atoms with Gasteiger partial charge in [-0.3, -0.25) is 4.57 Å². The Balaban J connectivity index is 2.49. The summed E-state index contributed by atoms with van der Waals surface area (Å²) < 4.78 is 24.3. The second-order valence-corrected chi connectivity index (χ2v) is 8.12. The van der Waals surface area contributed by atoms with E-state index < -0.39 is 13.4 Å². The summed E-state index contributed by atoms with van der Waals surface area (Å²) in [4.78, 5) is 0. The smallest absolute Gasteiger partial charge is 0.357 e. The molecule has 0 aromatic heterocycles. The molecule has 0 fully saturated rings. The van der Waals surface area contributed by atoms with Crippen molar-refractivity contribution >= 4 is 36.5 Å². The molecule has 136 valence electrons. The molecular weight excluding hydrogens is 384 g/mol. The Morgan fingerprint density at radius 2 is 1.60 bits per heavy atom. The molecule has 0 aliphatic carbocycles. The Morgan fingerprint density at radius 3 is 2.16 bits per heavy atom. The third-order valence-electron chi connectivity index (χ3n) is 3.37. The van der Waals surface area contributed by atoms with E-state index in [1.165, 1.54) is 6.07 Å². The lowest BCUT2D eigenvalue weighted by atomic mass is 10.2. The van der Waals surface area contributed by atoms with E-state index in [0.29, 0.717) is 21.3 Å². The second-order valence-electron chi connectivity index (χ2n) is 5.14. The van der Waals surface area contributed by atoms with Gasteiger partial charge in [-0.25, -0.2) is 0 Å². The fraction of sp³-hybridized carbons (Fsp3) is 0.294. The summed E-state index contributed by atoms with van der Waals surface area (Å²) in [5.74, 6) is -0.864. The number of nitrogens with one attached hydrogen (secondary N) is 1. The van der Waals surface area contributed by atoms with E-state index in [1.54, 1.807) is 50.2 Å². The van der Waals surface area contributed by atoms with Crippen LogP contribution in [-0.2, 0) is 13.6 Å². The maximum Gasteiger partial charge on any atom is 0.357 e. The monoisotopic (exact) mass is 403 g/mol. The lowest BCUT2D eigenvalue weighted by Gasteiger charge is -2.28. The van der Waals surface area contributed by atoms with Crippen molar-refractivity contribution in [1.82, 2.24) is 0 Å². The van der Waals surface area contributed by atoms with Gasteiger partial charge in [-0.1, -0.05) is 35.3 Å². The fourth-order valence-electron chi connectivity index (χ4n) is 2.31. The first-order chi connectivity index (χ1) is 11.9. The minimum Gasteiger partial charge on any atom is -0.506 e. The van der Waals surface area contributed by atoms with Crippen molar-refractivity contribution in [3.8, 4) is 5.75 Å². The third-order valence-corrected chi connectivity index (χ3v) is 6.15. The van der Waals surface area contributed by atoms with Gasteiger partial charge in [0.15, 0.2) is 5.78 Å². The van der Waals surface area contributed by atoms with Gasteiger partial charge in [0.2, 0.25) is 0 Å². The number of anilines is 1. The van der Waals surface area contributed by atoms with E-state index >= 15 is 0 Å². The van der Waals surface area contributed by atoms with Crippen molar-refractivity contribution in [3.05, 3.63) is 58.1 Å². The normalized spacial score (nSPS) is 12.8. The minimum atomic E-state index is -3.58. The van der Waals surface area contributed by atoms with Crippen molar-refractivity contribution < 1.29 is 18.7 Å². The predicted octanol–water partition coefficient (Wildman–Crippen LogP) is 6.08. The first-order valence-electron chi connectivity index (χ1n) is 7.79. The van der Waals surface area contributed by atoms with Crippen molar-refractivity contribution in [1.29, 1.82) is 0 Å². The van der Waals surface area contributed by atoms with Crippen LogP contribution in [-0.4, -0.2) is 18.3 Å². The lowest BCUT2D eigenvalue weighted by Crippen LogP contribution is -2.15. The number of phenolic OH excluding ortho intramolecular Hbond substituents is 1. The Kier molecular flexibility index (Phi) is 7.17. The van der Waals surface area contributed by atoms with Crippen LogP contribution in [0.1, 0.15) is 25.2 Å². The van der Waals surface area contributed by atoms with Crippen LogP contribution < -0.4 is 5.32 Å². The van der Waals surface area contributed by atoms with Crippen LogP contribution in [0.15, 0.2) is 42.5 Å². The van der Waals surface area contributed by atoms with Crippen molar-refractivity contribution in [2.45, 2.75) is 19.6 Å². The van der Waals surface area contributed by atoms with Crippen LogP contribution in [0.2, 0.25) is 10.0 Å². The second kappa shape index (κ2) is 8.93. The predicted molar refractivity (Wildman–Crippen MR) is 102 cm³/mol. The van der Waals surface area contributed by atoms with Crippen LogP contribution in [0, 0.1) is 0 Å². The SMILES string of the molecule is CCOP(=O)(OCC)[C@H](Nc1cc(Cl)ccc1O)c1ccc(Cl)cc1. The Hall–Kier alpha value is -1.23. The molecule has 0 radical (unpaired) electrons. The maximum atomic E-state index is 13.3. The number of halogens is 2. The van der Waals surface area contributed by atoms with Gasteiger partial charge in [-0.15, -0.1) is 0 Å². The average Bonchev–Trinajstić information content (AvgIpc) is 2.57. The number of benzene rings is 2. The fourth-order valence-corrected chi connectivity index (χ4v) is 4.53. The zero-order valence-electron chi connectivity index (χ0n) is 13.9. The quantitative estimate of drug-likeness (QED) is 0.413. The molecule has 0 saturated heterocycles. The first kappa shape index (κ1) is 20.1. The van der Waals surface area contributed by atoms with E-state index in [4.69, 9.17) is 32.2 Å². The highest BCUT2D eigenvalue weighted by Gasteiger charge is 2.37. The van der Waals surface area contributed by atoms with Gasteiger partial charge < -0.3 is 19.5 Å². The molecule has 0 amide bonds. The van der Waals surface area contributed by atoms with Gasteiger partial charge >= 0.3 is 7.60 Å². The number of hydrogen-bond donors (Lipinski definition) is 2. The molecular formula is C17H20Cl2NO4P. The number of phenols is 1. The van der Waals surface area contributed by atoms with Gasteiger partial charge in [0.05, 0.1) is 18.9 Å². The Bertz CT molecular complexity index is 745. The van der Waals surface area contributed by atoms with E-state index in [1.807, 2.05) is 0 Å². The summed E-state index contributed by atoms with van der Waals surface area (Å²) in [7, 11) is -3.58. The van der Waals surface area contributed by atoms with E-state index in [-0.39, 0.29) is 19.0 Å². The molecule has 8 heteroatoms. The van der Waals surface area contributed by atoms with E-state index in [2.05, 4.69) is 5.32 Å². The maximum absolute atomic E-state index is 13.3. The zero-order valence-corrected chi connectivity index (χ0v) is 16.3. The summed E-state index contributed by atoms with van der Waals surface area (Å²) in [6.07, 6.45) is 0. The molecule has 0 heterocycles. The van der Waals surface area contributed by atoms with Gasteiger partial charge in [0, 0.05) is 10.0 Å². The molecule has 5 nitrogen and oxygen atoms in total. The van der Waals surface area contributed by atoms with Gasteiger partial charge in [-0.2, -0.15) is 0 Å². The highest BCUT2D eigenvalue weighted by molar-refractivity contribution is 7.54. The van der Waals surface area contributed by atoms with Crippen molar-refractivity contribution in [2.24, 2.45) is 0 Å². The van der Waals surface area contributed by atoms with Crippen LogP contribution in [0.3, 0.4) is 0 Å². The summed E-state index contributed by atoms with van der Waals surface area (Å²) in [5.41, 5.74) is 0.973. The van der Waals surface area contributed by atoms with Crippen LogP contribution >= 0.6 is 30.8 Å². The molecule has 0 aliphatic heterocycles. The molecule has 25 heavy (non-hydrogen) atoms. The summed E-state index contributed by atoms with van der Waals surface area (Å²) in [6.45, 7) is 3.90. The van der Waals surface area contributed by atoms with Crippen molar-refractivity contribution in [2.75, 3.05) is 18.5 Å². The van der Waals surface area contributed by atoms with Crippen LogP contribution in [0.5, 0.6) is 5.75 Å². The first-order valence-corrected chi connectivity index (χ1v) is 10.2. The minimum absolute atomic E-state index is 0.0251. The Morgan fingerprint density at radius 1 is 1.04 bits per heavy atom. The number of rotatable bonds is 8. The van der Waals surface area contributed by atoms with Gasteiger partial charge in [-0.05, 0) is 49.7 Å². The molecule has 2 aromatic rings. The van der Waals surface area contributed by atoms with E-state index in [9.17, 15) is 9.67 Å². The summed E-state index contributed by atoms with van der Waals surface area (Å²) >= 11 is 12.0. The number of aromatic hydroxyl groups is 1. The van der Waals surface area contributed by atoms with E-state index in [0.717, 1.165) is 0 Å². The lowest BCUT2D eigenvalue weighted by molar-refractivity contribution is 0.214. The topological polar surface area (TPSA) is 67.8 Å². The molecule has 2 N–H and O–H groups in total. The molecule has 2 rings (SSSR count). The molecule has 1 atom stereocenters. The molecule has 0 unspecified atom stereocenters. The molecule has 0 saturated carbocycles. The zero-order chi connectivity index (χ0) is 18.4. The van der Waals surface area contributed by atoms with Crippen LogP contribution in [0.25, 0.3) is 0 Å². The molecule has 0 spiro atoms. The molecule has 0 aliphatic rings. The Labute approximate surface area is 157 Å². The largest absolute Gasteiger partial charge is 0.506 e. The van der Waals surface area contributed by atoms with Crippen molar-refractivity contribution in [3.63, 3.8) is 0 Å². The summed E-state index contributed by atoms with van der Waals surface area (Å²) in [6, 6.07) is 11.4. The summed E-state index contributed by atoms with van der Waals surface area (Å²) in [5, 5.41) is 14.1. The van der Waals surface area contributed by atoms with Crippen LogP contribution in [0.4, 0.5) is 5.69 Å². The molecule has 2 aromatic carbocycles. The van der Waals surface area contributed by atoms with Gasteiger partial charge in [0.25, 0.3) is 0 Å². The van der Waals surface area contributed by atoms with Gasteiger partial charge in [0.1, 0.15) is 5.75 Å². The molecule has 0 bridgehead atoms. The average molecular weight is 404 g/mol. The standard InChI is InChI=1S/C17H20Cl2NO4P/c1-3-23-25(22,24-4-2)17(12-5-7-13(18)8-6-12)20-15-11-14(19)9-10-16(15)21/h5-11,17,20-21H,3-4H2,1-2H3/t17-/m0/s1.